The number of hydrogen-bond donors (Lipinski definition) is 4. The summed E-state index contributed by atoms with van der Waals surface area (Å²) in [4.78, 5) is 30.0. The predicted octanol–water partition coefficient (Wildman–Crippen LogP) is 0.825. The highest BCUT2D eigenvalue weighted by Crippen LogP contribution is 2.53. The van der Waals surface area contributed by atoms with Crippen LogP contribution in [0.5, 0.6) is 5.88 Å². The first-order valence-corrected chi connectivity index (χ1v) is 9.40. The van der Waals surface area contributed by atoms with E-state index in [-0.39, 0.29) is 23.3 Å². The fourth-order valence-corrected chi connectivity index (χ4v) is 3.48. The molecule has 2 aromatic heterocycles. The number of anilines is 1. The van der Waals surface area contributed by atoms with E-state index in [1.54, 1.807) is 4.57 Å². The van der Waals surface area contributed by atoms with Crippen LogP contribution in [0.1, 0.15) is 26.2 Å². The van der Waals surface area contributed by atoms with Gasteiger partial charge in [-0.05, 0) is 18.8 Å². The number of nitrogens with two attached hydrogens (primary N) is 1. The third kappa shape index (κ3) is 3.36. The molecule has 3 rings (SSSR count). The van der Waals surface area contributed by atoms with Gasteiger partial charge in [-0.25, -0.2) is 4.98 Å². The zero-order chi connectivity index (χ0) is 17.5. The van der Waals surface area contributed by atoms with Crippen molar-refractivity contribution in [2.75, 3.05) is 12.1 Å². The number of nitrogen functional groups attached to an aromatic ring is 1. The lowest BCUT2D eigenvalue weighted by molar-refractivity contribution is 0.0274. The first kappa shape index (κ1) is 17.1. The minimum absolute atomic E-state index is 0.0761. The molecular formula is C13H20N5O5P. The molecule has 2 heterocycles. The highest BCUT2D eigenvalue weighted by Gasteiger charge is 2.55. The number of hydrogen-bond acceptors (Lipinski definition) is 7. The minimum Gasteiger partial charge on any atom is -0.492 e. The normalized spacial score (nSPS) is 23.7. The zero-order valence-corrected chi connectivity index (χ0v) is 14.1. The highest BCUT2D eigenvalue weighted by atomic mass is 31.2. The Bertz CT molecular complexity index is 805. The van der Waals surface area contributed by atoms with Crippen LogP contribution in [0.4, 0.5) is 5.95 Å². The summed E-state index contributed by atoms with van der Waals surface area (Å²) in [6.07, 6.45) is 3.42. The summed E-state index contributed by atoms with van der Waals surface area (Å²) in [5.74, 6) is -0.172. The van der Waals surface area contributed by atoms with Crippen molar-refractivity contribution in [2.45, 2.75) is 38.3 Å². The number of nitrogens with zero attached hydrogens (tertiary/aromatic N) is 4. The molecule has 2 aromatic rings. The van der Waals surface area contributed by atoms with Gasteiger partial charge in [-0.1, -0.05) is 13.3 Å². The summed E-state index contributed by atoms with van der Waals surface area (Å²) in [5.41, 5.74) is 5.49. The average molecular weight is 357 g/mol. The third-order valence-electron chi connectivity index (χ3n) is 4.23. The van der Waals surface area contributed by atoms with Crippen LogP contribution >= 0.6 is 7.60 Å². The Balaban J connectivity index is 1.87. The van der Waals surface area contributed by atoms with Gasteiger partial charge in [-0.3, -0.25) is 4.57 Å². The lowest BCUT2D eigenvalue weighted by Gasteiger charge is -2.20. The van der Waals surface area contributed by atoms with Crippen molar-refractivity contribution >= 4 is 24.7 Å². The first-order chi connectivity index (χ1) is 11.2. The maximum absolute atomic E-state index is 11.2. The lowest BCUT2D eigenvalue weighted by Crippen LogP contribution is -2.25. The molecule has 0 amide bonds. The van der Waals surface area contributed by atoms with Crippen molar-refractivity contribution in [3.63, 3.8) is 0 Å². The van der Waals surface area contributed by atoms with Gasteiger partial charge >= 0.3 is 7.60 Å². The van der Waals surface area contributed by atoms with E-state index in [0.717, 1.165) is 12.8 Å². The first-order valence-electron chi connectivity index (χ1n) is 7.60. The van der Waals surface area contributed by atoms with Crippen molar-refractivity contribution in [2.24, 2.45) is 5.92 Å². The van der Waals surface area contributed by atoms with E-state index in [1.165, 1.54) is 6.33 Å². The number of rotatable bonds is 7. The Morgan fingerprint density at radius 1 is 1.50 bits per heavy atom. The summed E-state index contributed by atoms with van der Waals surface area (Å²) in [5, 5.41) is 9.78. The molecule has 10 nitrogen and oxygen atoms in total. The monoisotopic (exact) mass is 357 g/mol. The van der Waals surface area contributed by atoms with Crippen molar-refractivity contribution in [3.05, 3.63) is 6.33 Å². The predicted molar refractivity (Wildman–Crippen MR) is 85.1 cm³/mol. The smallest absolute Gasteiger partial charge is 0.351 e. The minimum atomic E-state index is -4.25. The van der Waals surface area contributed by atoms with Crippen molar-refractivity contribution < 1.29 is 24.2 Å². The molecule has 2 unspecified atom stereocenters. The molecule has 0 radical (unpaired) electrons. The molecule has 0 aliphatic heterocycles. The molecule has 0 spiro atoms. The van der Waals surface area contributed by atoms with Gasteiger partial charge < -0.3 is 29.9 Å². The van der Waals surface area contributed by atoms with Gasteiger partial charge in [0.15, 0.2) is 11.2 Å². The number of imidazole rings is 1. The average Bonchev–Trinajstić information content (AvgIpc) is 2.99. The van der Waals surface area contributed by atoms with Crippen LogP contribution in [0.15, 0.2) is 6.33 Å². The molecule has 1 saturated carbocycles. The molecule has 0 bridgehead atoms. The van der Waals surface area contributed by atoms with Crippen molar-refractivity contribution in [1.29, 1.82) is 0 Å². The number of ether oxygens (including phenoxy) is 1. The van der Waals surface area contributed by atoms with Gasteiger partial charge in [0.25, 0.3) is 0 Å². The van der Waals surface area contributed by atoms with E-state index in [9.17, 15) is 9.67 Å². The number of aromatic nitrogens is 4. The molecule has 24 heavy (non-hydrogen) atoms. The number of fused-ring (bicyclic) bond motifs is 1. The van der Waals surface area contributed by atoms with Crippen LogP contribution in [0.25, 0.3) is 11.2 Å². The molecular weight excluding hydrogens is 337 g/mol. The third-order valence-corrected chi connectivity index (χ3v) is 4.70. The van der Waals surface area contributed by atoms with E-state index in [4.69, 9.17) is 20.3 Å². The molecule has 1 aliphatic rings. The fraction of sp³-hybridized carbons (Fsp3) is 0.615. The summed E-state index contributed by atoms with van der Waals surface area (Å²) >= 11 is 0. The Morgan fingerprint density at radius 2 is 2.25 bits per heavy atom. The molecule has 1 fully saturated rings. The molecule has 132 valence electrons. The van der Waals surface area contributed by atoms with E-state index in [2.05, 4.69) is 15.0 Å². The lowest BCUT2D eigenvalue weighted by atomic mass is 10.1. The van der Waals surface area contributed by atoms with Gasteiger partial charge in [0.1, 0.15) is 6.35 Å². The Hall–Kier alpha value is -1.74. The summed E-state index contributed by atoms with van der Waals surface area (Å²) in [6, 6.07) is 0. The van der Waals surface area contributed by atoms with Gasteiger partial charge in [-0.2, -0.15) is 9.97 Å². The maximum atomic E-state index is 11.2. The SMILES string of the molecule is CCCC1CC1(Cn1cnc2c(O)nc(N)nc21)OCP(=O)(O)O. The summed E-state index contributed by atoms with van der Waals surface area (Å²) in [6.45, 7) is 2.37. The van der Waals surface area contributed by atoms with Crippen LogP contribution in [-0.4, -0.2) is 46.4 Å². The van der Waals surface area contributed by atoms with Crippen molar-refractivity contribution in [1.82, 2.24) is 19.5 Å². The molecule has 11 heteroatoms. The molecule has 0 saturated heterocycles. The van der Waals surface area contributed by atoms with E-state index < -0.39 is 19.5 Å². The topological polar surface area (TPSA) is 157 Å². The van der Waals surface area contributed by atoms with Crippen LogP contribution < -0.4 is 5.73 Å². The Labute approximate surface area is 137 Å². The van der Waals surface area contributed by atoms with Crippen molar-refractivity contribution in [3.8, 4) is 5.88 Å². The van der Waals surface area contributed by atoms with E-state index >= 15 is 0 Å². The Morgan fingerprint density at radius 3 is 2.92 bits per heavy atom. The van der Waals surface area contributed by atoms with Crippen LogP contribution in [0.3, 0.4) is 0 Å². The highest BCUT2D eigenvalue weighted by molar-refractivity contribution is 7.51. The van der Waals surface area contributed by atoms with Crippen LogP contribution in [0.2, 0.25) is 0 Å². The molecule has 2 atom stereocenters. The van der Waals surface area contributed by atoms with Crippen LogP contribution in [-0.2, 0) is 15.8 Å². The fourth-order valence-electron chi connectivity index (χ4n) is 3.05. The van der Waals surface area contributed by atoms with Gasteiger partial charge in [0.2, 0.25) is 11.8 Å². The van der Waals surface area contributed by atoms with Crippen LogP contribution in [0, 0.1) is 5.92 Å². The molecule has 5 N–H and O–H groups in total. The summed E-state index contributed by atoms with van der Waals surface area (Å²) in [7, 11) is -4.25. The maximum Gasteiger partial charge on any atom is 0.351 e. The largest absolute Gasteiger partial charge is 0.492 e. The van der Waals surface area contributed by atoms with Gasteiger partial charge in [0, 0.05) is 0 Å². The second kappa shape index (κ2) is 5.96. The Kier molecular flexibility index (Phi) is 4.25. The van der Waals surface area contributed by atoms with E-state index in [0.29, 0.717) is 18.6 Å². The van der Waals surface area contributed by atoms with Gasteiger partial charge in [0.05, 0.1) is 18.5 Å². The second-order valence-corrected chi connectivity index (χ2v) is 7.73. The summed E-state index contributed by atoms with van der Waals surface area (Å²) < 4.78 is 18.4. The van der Waals surface area contributed by atoms with E-state index in [1.807, 2.05) is 6.92 Å². The number of aromatic hydroxyl groups is 1. The molecule has 1 aliphatic carbocycles. The second-order valence-electron chi connectivity index (χ2n) is 6.14. The standard InChI is InChI=1S/C13H20N5O5P/c1-2-3-8-4-13(8,23-7-24(20,21)22)5-18-6-15-9-10(18)16-12(14)17-11(9)19/h6,8H,2-5,7H2,1H3,(H2,20,21,22)(H3,14,16,17,19). The zero-order valence-electron chi connectivity index (χ0n) is 13.2. The van der Waals surface area contributed by atoms with Gasteiger partial charge in [-0.15, -0.1) is 0 Å². The quantitative estimate of drug-likeness (QED) is 0.527. The molecule has 0 aromatic carbocycles.